The fourth-order valence-corrected chi connectivity index (χ4v) is 7.90. The standard InChI is InChI=1S/C27H42ClN5O3S/c1-24(2)11-19(13-26(5,15-24)17-29)31-32-20-12-25(3,4)16-27(6,14-20)18-30-23(34)33-37(35,36)22-10-8-7-9-21(22)28/h7-10H,11-18,29H2,1-6H3,(H2,30,33,34)/b31-19+,32-20-. The molecule has 0 aliphatic heterocycles. The first kappa shape index (κ1) is 29.6. The molecule has 8 nitrogen and oxygen atoms in total. The van der Waals surface area contributed by atoms with Gasteiger partial charge in [-0.25, -0.2) is 8.42 Å². The lowest BCUT2D eigenvalue weighted by atomic mass is 9.63. The topological polar surface area (TPSA) is 134 Å². The van der Waals surface area contributed by atoms with Crippen LogP contribution in [0.25, 0.3) is 0 Å². The molecule has 2 unspecified atom stereocenters. The summed E-state index contributed by atoms with van der Waals surface area (Å²) < 4.78 is 27.2. The molecule has 0 radical (unpaired) electrons. The van der Waals surface area contributed by atoms with Crippen molar-refractivity contribution in [2.75, 3.05) is 13.1 Å². The van der Waals surface area contributed by atoms with Crippen LogP contribution < -0.4 is 15.6 Å². The number of hydrogen-bond acceptors (Lipinski definition) is 6. The molecule has 3 rings (SSSR count). The highest BCUT2D eigenvalue weighted by atomic mass is 35.5. The summed E-state index contributed by atoms with van der Waals surface area (Å²) in [4.78, 5) is 3.94. The quantitative estimate of drug-likeness (QED) is 0.316. The molecule has 0 bridgehead atoms. The summed E-state index contributed by atoms with van der Waals surface area (Å²) in [6.45, 7) is 14.3. The Hall–Kier alpha value is -1.97. The van der Waals surface area contributed by atoms with E-state index in [0.717, 1.165) is 50.1 Å². The fraction of sp³-hybridized carbons (Fsp3) is 0.667. The van der Waals surface area contributed by atoms with Crippen molar-refractivity contribution in [3.05, 3.63) is 29.3 Å². The van der Waals surface area contributed by atoms with Crippen molar-refractivity contribution in [1.29, 1.82) is 0 Å². The Morgan fingerprint density at radius 3 is 2.00 bits per heavy atom. The molecule has 4 N–H and O–H groups in total. The Labute approximate surface area is 226 Å². The van der Waals surface area contributed by atoms with Crippen LogP contribution in [-0.2, 0) is 10.0 Å². The van der Waals surface area contributed by atoms with Crippen LogP contribution in [0.4, 0.5) is 0 Å². The van der Waals surface area contributed by atoms with Crippen LogP contribution >= 0.6 is 11.6 Å². The Kier molecular flexibility index (Phi) is 8.52. The van der Waals surface area contributed by atoms with Crippen LogP contribution in [0, 0.1) is 21.7 Å². The number of benzene rings is 1. The normalized spacial score (nSPS) is 30.4. The van der Waals surface area contributed by atoms with E-state index >= 15 is 0 Å². The maximum absolute atomic E-state index is 12.6. The van der Waals surface area contributed by atoms with Crippen LogP contribution in [0.5, 0.6) is 0 Å². The highest BCUT2D eigenvalue weighted by Gasteiger charge is 2.41. The molecule has 2 atom stereocenters. The average molecular weight is 552 g/mol. The largest absolute Gasteiger partial charge is 0.846 e. The van der Waals surface area contributed by atoms with Gasteiger partial charge >= 0.3 is 0 Å². The summed E-state index contributed by atoms with van der Waals surface area (Å²) in [6.07, 6.45) is 5.26. The Bertz CT molecular complexity index is 1210. The number of halogens is 1. The van der Waals surface area contributed by atoms with Gasteiger partial charge in [-0.1, -0.05) is 65.3 Å². The molecule has 37 heavy (non-hydrogen) atoms. The summed E-state index contributed by atoms with van der Waals surface area (Å²) >= 11 is 6.00. The van der Waals surface area contributed by atoms with Gasteiger partial charge in [0.1, 0.15) is 4.90 Å². The van der Waals surface area contributed by atoms with Crippen molar-refractivity contribution in [2.24, 2.45) is 36.9 Å². The van der Waals surface area contributed by atoms with E-state index in [1.807, 2.05) is 4.72 Å². The smallest absolute Gasteiger partial charge is 0.263 e. The Morgan fingerprint density at radius 1 is 0.946 bits per heavy atom. The van der Waals surface area contributed by atoms with Crippen molar-refractivity contribution < 1.29 is 19.3 Å². The van der Waals surface area contributed by atoms with Gasteiger partial charge in [-0.15, -0.1) is 0 Å². The minimum Gasteiger partial charge on any atom is -0.846 e. The van der Waals surface area contributed by atoms with E-state index in [2.05, 4.69) is 52.3 Å². The number of nitrogens with zero attached hydrogens (tertiary/aromatic N) is 3. The van der Waals surface area contributed by atoms with E-state index in [4.69, 9.17) is 21.8 Å². The maximum atomic E-state index is 12.6. The molecule has 0 aromatic heterocycles. The summed E-state index contributed by atoms with van der Waals surface area (Å²) in [5.74, 6) is 0. The number of nitrogens with one attached hydrogen (secondary N) is 1. The van der Waals surface area contributed by atoms with Crippen molar-refractivity contribution in [3.63, 3.8) is 0 Å². The molecule has 10 heteroatoms. The van der Waals surface area contributed by atoms with Gasteiger partial charge in [0, 0.05) is 23.4 Å². The second-order valence-corrected chi connectivity index (χ2v) is 15.3. The molecule has 1 aromatic rings. The monoisotopic (exact) mass is 551 g/mol. The summed E-state index contributed by atoms with van der Waals surface area (Å²) in [5, 5.41) is 22.0. The van der Waals surface area contributed by atoms with Gasteiger partial charge in [0.05, 0.1) is 17.6 Å². The number of quaternary nitrogens is 1. The number of sulfonamides is 1. The Morgan fingerprint density at radius 2 is 1.46 bits per heavy atom. The van der Waals surface area contributed by atoms with E-state index in [1.165, 1.54) is 12.1 Å². The first-order valence-corrected chi connectivity index (χ1v) is 14.7. The second kappa shape index (κ2) is 10.7. The summed E-state index contributed by atoms with van der Waals surface area (Å²) in [7, 11) is -4.11. The summed E-state index contributed by atoms with van der Waals surface area (Å²) in [5.41, 5.74) is 6.19. The molecule has 1 aromatic carbocycles. The van der Waals surface area contributed by atoms with Crippen molar-refractivity contribution in [2.45, 2.75) is 85.0 Å². The van der Waals surface area contributed by atoms with Crippen LogP contribution in [0.2, 0.25) is 5.02 Å². The van der Waals surface area contributed by atoms with Gasteiger partial charge in [-0.2, -0.15) is 10.2 Å². The third kappa shape index (κ3) is 8.01. The Balaban J connectivity index is 1.76. The highest BCUT2D eigenvalue weighted by Crippen LogP contribution is 2.46. The molecule has 0 amide bonds. The predicted molar refractivity (Wildman–Crippen MR) is 148 cm³/mol. The molecule has 2 fully saturated rings. The van der Waals surface area contributed by atoms with E-state index in [-0.39, 0.29) is 38.1 Å². The van der Waals surface area contributed by atoms with Crippen LogP contribution in [0.15, 0.2) is 44.4 Å². The molecule has 2 aliphatic carbocycles. The van der Waals surface area contributed by atoms with Gasteiger partial charge in [0.25, 0.3) is 10.0 Å². The lowest BCUT2D eigenvalue weighted by Gasteiger charge is -2.43. The van der Waals surface area contributed by atoms with Gasteiger partial charge in [0.15, 0.2) is 0 Å². The second-order valence-electron chi connectivity index (χ2n) is 13.3. The first-order valence-electron chi connectivity index (χ1n) is 12.8. The van der Waals surface area contributed by atoms with Crippen molar-refractivity contribution in [1.82, 2.24) is 4.72 Å². The van der Waals surface area contributed by atoms with Crippen LogP contribution in [0.1, 0.15) is 80.1 Å². The number of amidine groups is 1. The van der Waals surface area contributed by atoms with E-state index in [0.29, 0.717) is 6.42 Å². The average Bonchev–Trinajstić information content (AvgIpc) is 2.74. The summed E-state index contributed by atoms with van der Waals surface area (Å²) in [6, 6.07) is 5.07. The predicted octanol–water partition coefficient (Wildman–Crippen LogP) is 3.81. The van der Waals surface area contributed by atoms with Gasteiger partial charge in [-0.05, 0) is 66.9 Å². The fourth-order valence-electron chi connectivity index (χ4n) is 6.47. The third-order valence-electron chi connectivity index (χ3n) is 7.33. The SMILES string of the molecule is CC1(C)C/C(=N/N=C2\CC(C)(C)CC(C)(C[NH3+])C2)CC(C)(CN=C([O-])NS(=O)(=O)c2ccccc2Cl)C1. The minimum absolute atomic E-state index is 0.0446. The molecule has 0 saturated heterocycles. The molecule has 0 spiro atoms. The number of hydrogen-bond donors (Lipinski definition) is 2. The van der Waals surface area contributed by atoms with Gasteiger partial charge < -0.3 is 10.8 Å². The highest BCUT2D eigenvalue weighted by molar-refractivity contribution is 7.90. The molecule has 2 saturated carbocycles. The van der Waals surface area contributed by atoms with Crippen LogP contribution in [0.3, 0.4) is 0 Å². The van der Waals surface area contributed by atoms with Gasteiger partial charge in [0.2, 0.25) is 0 Å². The lowest BCUT2D eigenvalue weighted by molar-refractivity contribution is -0.393. The van der Waals surface area contributed by atoms with Gasteiger partial charge in [-0.3, -0.25) is 9.71 Å². The molecule has 0 heterocycles. The molecular weight excluding hydrogens is 510 g/mol. The molecule has 206 valence electrons. The zero-order valence-electron chi connectivity index (χ0n) is 23.0. The zero-order valence-corrected chi connectivity index (χ0v) is 24.6. The first-order chi connectivity index (χ1) is 17.0. The molecule has 2 aliphatic rings. The van der Waals surface area contributed by atoms with Crippen molar-refractivity contribution >= 4 is 39.1 Å². The maximum Gasteiger partial charge on any atom is 0.263 e. The minimum atomic E-state index is -4.11. The molecular formula is C27H42ClN5O3S. The van der Waals surface area contributed by atoms with Crippen LogP contribution in [-0.4, -0.2) is 39.0 Å². The zero-order chi connectivity index (χ0) is 27.7. The van der Waals surface area contributed by atoms with E-state index in [9.17, 15) is 13.5 Å². The third-order valence-corrected chi connectivity index (χ3v) is 9.15. The number of aliphatic imine (C=N–C) groups is 1. The van der Waals surface area contributed by atoms with Crippen molar-refractivity contribution in [3.8, 4) is 0 Å². The lowest BCUT2D eigenvalue weighted by Crippen LogP contribution is -2.59. The van der Waals surface area contributed by atoms with E-state index < -0.39 is 16.0 Å². The van der Waals surface area contributed by atoms with E-state index in [1.54, 1.807) is 12.1 Å². The number of rotatable bonds is 6.